The predicted octanol–water partition coefficient (Wildman–Crippen LogP) is 0.457. The minimum Gasteiger partial charge on any atom is -0.611 e. The van der Waals surface area contributed by atoms with Crippen molar-refractivity contribution in [2.75, 3.05) is 47.2 Å². The van der Waals surface area contributed by atoms with Gasteiger partial charge in [-0.3, -0.25) is 0 Å². The van der Waals surface area contributed by atoms with E-state index in [1.165, 1.54) is 11.2 Å². The van der Waals surface area contributed by atoms with Crippen LogP contribution in [-0.2, 0) is 22.3 Å². The number of ether oxygens (including phenoxy) is 1. The van der Waals surface area contributed by atoms with Gasteiger partial charge in [-0.2, -0.15) is 4.98 Å². The minimum absolute atomic E-state index is 0.324. The van der Waals surface area contributed by atoms with E-state index in [0.29, 0.717) is 23.9 Å². The molecule has 3 saturated heterocycles. The number of anilines is 3. The number of hydrogen-bond acceptors (Lipinski definition) is 7. The van der Waals surface area contributed by atoms with Gasteiger partial charge in [-0.15, -0.1) is 0 Å². The zero-order valence-electron chi connectivity index (χ0n) is 17.9. The third-order valence-corrected chi connectivity index (χ3v) is 8.56. The first-order valence-electron chi connectivity index (χ1n) is 11.4. The van der Waals surface area contributed by atoms with Gasteiger partial charge in [-0.25, -0.2) is 4.98 Å². The summed E-state index contributed by atoms with van der Waals surface area (Å²) in [6.45, 7) is 3.48. The minimum atomic E-state index is -1.00. The molecular formula is C22H28BN5O2S. The summed E-state index contributed by atoms with van der Waals surface area (Å²) in [6.07, 6.45) is 3.83. The van der Waals surface area contributed by atoms with Crippen molar-refractivity contribution in [3.8, 4) is 0 Å². The molecule has 0 saturated carbocycles. The van der Waals surface area contributed by atoms with E-state index >= 15 is 0 Å². The molecule has 9 heteroatoms. The Balaban J connectivity index is 1.25. The summed E-state index contributed by atoms with van der Waals surface area (Å²) in [7, 11) is 2.13. The third kappa shape index (κ3) is 3.56. The van der Waals surface area contributed by atoms with Crippen molar-refractivity contribution in [3.63, 3.8) is 0 Å². The van der Waals surface area contributed by atoms with Crippen LogP contribution in [-0.4, -0.2) is 72.5 Å². The molecule has 1 aromatic carbocycles. The number of aryl methyl sites for hydroxylation is 1. The van der Waals surface area contributed by atoms with E-state index in [2.05, 4.69) is 47.2 Å². The molecule has 0 radical (unpaired) electrons. The Morgan fingerprint density at radius 1 is 1.06 bits per heavy atom. The van der Waals surface area contributed by atoms with Crippen molar-refractivity contribution in [2.45, 2.75) is 48.7 Å². The van der Waals surface area contributed by atoms with Gasteiger partial charge in [0.2, 0.25) is 10.8 Å². The van der Waals surface area contributed by atoms with Crippen LogP contribution >= 0.6 is 0 Å². The number of hydrogen-bond donors (Lipinski definition) is 1. The molecule has 0 aliphatic carbocycles. The van der Waals surface area contributed by atoms with E-state index in [0.717, 1.165) is 74.3 Å². The normalized spacial score (nSPS) is 27.7. The highest BCUT2D eigenvalue weighted by molar-refractivity contribution is 7.91. The second-order valence-corrected chi connectivity index (χ2v) is 10.7. The van der Waals surface area contributed by atoms with Crippen molar-refractivity contribution in [2.24, 2.45) is 0 Å². The quantitative estimate of drug-likeness (QED) is 0.550. The Morgan fingerprint density at radius 3 is 2.55 bits per heavy atom. The maximum absolute atomic E-state index is 12.7. The van der Waals surface area contributed by atoms with Gasteiger partial charge in [0.25, 0.3) is 0 Å². The Labute approximate surface area is 187 Å². The van der Waals surface area contributed by atoms with Gasteiger partial charge in [0.05, 0.1) is 6.04 Å². The molecule has 31 heavy (non-hydrogen) atoms. The Bertz CT molecular complexity index is 971. The first-order valence-corrected chi connectivity index (χ1v) is 12.7. The lowest BCUT2D eigenvalue weighted by atomic mass is 9.96. The number of fused-ring (bicyclic) bond motifs is 3. The van der Waals surface area contributed by atoms with Crippen LogP contribution in [0.5, 0.6) is 0 Å². The molecule has 1 aromatic heterocycles. The molecule has 1 N–H and O–H groups in total. The van der Waals surface area contributed by atoms with Crippen LogP contribution in [0.2, 0.25) is 0 Å². The first-order chi connectivity index (χ1) is 15.2. The number of rotatable bonds is 4. The van der Waals surface area contributed by atoms with E-state index in [1.54, 1.807) is 0 Å². The second-order valence-electron chi connectivity index (χ2n) is 9.16. The van der Waals surface area contributed by atoms with E-state index in [4.69, 9.17) is 14.7 Å². The van der Waals surface area contributed by atoms with Crippen LogP contribution in [0.1, 0.15) is 25.0 Å². The second kappa shape index (κ2) is 7.87. The average Bonchev–Trinajstić information content (AvgIpc) is 3.49. The zero-order valence-corrected chi connectivity index (χ0v) is 18.7. The van der Waals surface area contributed by atoms with Gasteiger partial charge in [0, 0.05) is 50.5 Å². The molecule has 2 aromatic rings. The van der Waals surface area contributed by atoms with Gasteiger partial charge in [0.1, 0.15) is 19.3 Å². The largest absolute Gasteiger partial charge is 0.611 e. The number of aromatic nitrogens is 2. The summed E-state index contributed by atoms with van der Waals surface area (Å²) >= 11 is -1.00. The molecule has 6 rings (SSSR count). The maximum atomic E-state index is 12.7. The van der Waals surface area contributed by atoms with Crippen molar-refractivity contribution >= 4 is 41.9 Å². The molecule has 4 aliphatic heterocycles. The SMILES string of the molecule is Bc1ccc(N2CC3CC2CN3c2nc3c(c(NC4CCOCC4)n2)[S+]([O-])CC3)cc1. The number of nitrogens with one attached hydrogen (secondary N) is 1. The van der Waals surface area contributed by atoms with E-state index in [-0.39, 0.29) is 0 Å². The van der Waals surface area contributed by atoms with Gasteiger partial charge < -0.3 is 24.4 Å². The van der Waals surface area contributed by atoms with Crippen molar-refractivity contribution in [3.05, 3.63) is 30.0 Å². The van der Waals surface area contributed by atoms with Crippen molar-refractivity contribution in [1.29, 1.82) is 0 Å². The fourth-order valence-electron chi connectivity index (χ4n) is 5.41. The molecule has 162 valence electrons. The van der Waals surface area contributed by atoms with Crippen LogP contribution in [0.15, 0.2) is 29.2 Å². The lowest BCUT2D eigenvalue weighted by molar-refractivity contribution is 0.0903. The molecule has 5 heterocycles. The molecule has 4 aliphatic rings. The fraction of sp³-hybridized carbons (Fsp3) is 0.545. The first kappa shape index (κ1) is 19.7. The maximum Gasteiger partial charge on any atom is 0.228 e. The lowest BCUT2D eigenvalue weighted by Gasteiger charge is -2.36. The Morgan fingerprint density at radius 2 is 1.81 bits per heavy atom. The Hall–Kier alpha value is -1.97. The Kier molecular flexibility index (Phi) is 5.00. The van der Waals surface area contributed by atoms with Crippen molar-refractivity contribution < 1.29 is 9.29 Å². The summed E-state index contributed by atoms with van der Waals surface area (Å²) in [5.74, 6) is 2.26. The zero-order chi connectivity index (χ0) is 20.9. The van der Waals surface area contributed by atoms with Gasteiger partial charge >= 0.3 is 0 Å². The van der Waals surface area contributed by atoms with Gasteiger partial charge in [0.15, 0.2) is 5.82 Å². The molecule has 3 unspecified atom stereocenters. The highest BCUT2D eigenvalue weighted by atomic mass is 32.2. The van der Waals surface area contributed by atoms with Crippen LogP contribution in [0.25, 0.3) is 0 Å². The molecule has 2 bridgehead atoms. The molecule has 0 amide bonds. The van der Waals surface area contributed by atoms with Gasteiger partial charge in [-0.05, 0) is 42.6 Å². The number of benzene rings is 1. The molecule has 0 spiro atoms. The highest BCUT2D eigenvalue weighted by Gasteiger charge is 2.45. The summed E-state index contributed by atoms with van der Waals surface area (Å²) in [4.78, 5) is 15.6. The average molecular weight is 437 g/mol. The lowest BCUT2D eigenvalue weighted by Crippen LogP contribution is -2.47. The van der Waals surface area contributed by atoms with Crippen molar-refractivity contribution in [1.82, 2.24) is 9.97 Å². The standard InChI is InChI=1S/C22H28BN5O2S/c23-14-1-3-16(4-2-14)27-12-18-11-17(27)13-28(18)22-25-19-7-10-31(29)20(19)21(26-22)24-15-5-8-30-9-6-15/h1-4,15,17-18H,5-13,23H2,(H,24,25,26). The summed E-state index contributed by atoms with van der Waals surface area (Å²) in [5.41, 5.74) is 3.57. The molecular weight excluding hydrogens is 409 g/mol. The van der Waals surface area contributed by atoms with E-state index in [9.17, 15) is 4.55 Å². The van der Waals surface area contributed by atoms with E-state index in [1.807, 2.05) is 0 Å². The highest BCUT2D eigenvalue weighted by Crippen LogP contribution is 2.39. The summed E-state index contributed by atoms with van der Waals surface area (Å²) in [5, 5.41) is 3.60. The molecule has 3 atom stereocenters. The van der Waals surface area contributed by atoms with Crippen LogP contribution < -0.4 is 20.6 Å². The molecule has 3 fully saturated rings. The van der Waals surface area contributed by atoms with Crippen LogP contribution in [0.3, 0.4) is 0 Å². The molecule has 7 nitrogen and oxygen atoms in total. The smallest absolute Gasteiger partial charge is 0.228 e. The number of nitrogens with zero attached hydrogens (tertiary/aromatic N) is 4. The van der Waals surface area contributed by atoms with E-state index < -0.39 is 11.2 Å². The fourth-order valence-corrected chi connectivity index (χ4v) is 6.72. The van der Waals surface area contributed by atoms with Crippen LogP contribution in [0.4, 0.5) is 17.5 Å². The number of piperazine rings is 1. The topological polar surface area (TPSA) is 76.6 Å². The monoisotopic (exact) mass is 437 g/mol. The predicted molar refractivity (Wildman–Crippen MR) is 126 cm³/mol. The van der Waals surface area contributed by atoms with Crippen LogP contribution in [0, 0.1) is 0 Å². The van der Waals surface area contributed by atoms with Gasteiger partial charge in [-0.1, -0.05) is 17.6 Å². The summed E-state index contributed by atoms with van der Waals surface area (Å²) in [6, 6.07) is 10.1. The third-order valence-electron chi connectivity index (χ3n) is 7.10. The summed E-state index contributed by atoms with van der Waals surface area (Å²) < 4.78 is 18.2.